The highest BCUT2D eigenvalue weighted by molar-refractivity contribution is 5.90. The summed E-state index contributed by atoms with van der Waals surface area (Å²) in [5, 5.41) is 21.6. The Kier molecular flexibility index (Phi) is 14.9. The van der Waals surface area contributed by atoms with E-state index >= 15 is 9.59 Å². The van der Waals surface area contributed by atoms with Crippen molar-refractivity contribution in [2.24, 2.45) is 11.8 Å². The molecule has 5 aliphatic rings. The number of allylic oxidation sites excluding steroid dienone is 1. The standard InChI is InChI=1S/C62H68O10/c1-38(2)48-23-20-40-21-24-49-44(32-40)16-10-11-29-62(47-18-8-5-9-19-47)59(71-60(48)66)58(56-53(72-62)27-26-51-52(36-64)55(61(67)70-57(51)56)45(28-30-63)37-68-3)69-54(65)35-46-34-43(22-25-50(46)49)42-17-12-15-41(33-42)31-39-13-6-4-7-14-39/h4,6-7,12-15,17,21,24,26-27,32-33,43,45-47,50,58-59,63-64H,5,8-9,16,18-20,22-23,25,28-31,34-37H2,1-3H3. The molecule has 0 radical (unpaired) electrons. The highest BCUT2D eigenvalue weighted by atomic mass is 16.6. The molecule has 4 aromatic carbocycles. The fourth-order valence-electron chi connectivity index (χ4n) is 13.2. The van der Waals surface area contributed by atoms with E-state index in [1.54, 1.807) is 12.1 Å². The lowest BCUT2D eigenvalue weighted by atomic mass is 9.67. The average Bonchev–Trinajstić information content (AvgIpc) is 3.38. The van der Waals surface area contributed by atoms with Gasteiger partial charge in [0, 0.05) is 54.9 Å². The number of fused-ring (bicyclic) bond motifs is 9. The topological polar surface area (TPSA) is 142 Å². The minimum atomic E-state index is -1.28. The molecule has 7 unspecified atom stereocenters. The van der Waals surface area contributed by atoms with Gasteiger partial charge >= 0.3 is 17.6 Å². The second-order valence-electron chi connectivity index (χ2n) is 21.3. The van der Waals surface area contributed by atoms with Gasteiger partial charge in [0.05, 0.1) is 25.2 Å². The van der Waals surface area contributed by atoms with Crippen molar-refractivity contribution in [3.8, 4) is 17.6 Å². The number of esters is 2. The lowest BCUT2D eigenvalue weighted by molar-refractivity contribution is -0.204. The number of carbonyl (C=O) groups is 2. The first kappa shape index (κ1) is 49.6. The van der Waals surface area contributed by atoms with Gasteiger partial charge in [0.1, 0.15) is 11.3 Å². The van der Waals surface area contributed by atoms with Crippen LogP contribution in [-0.2, 0) is 49.7 Å². The third kappa shape index (κ3) is 9.80. The molecule has 10 nitrogen and oxygen atoms in total. The second kappa shape index (κ2) is 21.6. The van der Waals surface area contributed by atoms with Crippen LogP contribution in [0.15, 0.2) is 105 Å². The summed E-state index contributed by atoms with van der Waals surface area (Å²) >= 11 is 0. The van der Waals surface area contributed by atoms with Crippen LogP contribution in [-0.4, -0.2) is 54.2 Å². The van der Waals surface area contributed by atoms with Gasteiger partial charge in [-0.1, -0.05) is 109 Å². The van der Waals surface area contributed by atoms with E-state index in [4.69, 9.17) is 23.4 Å². The third-order valence-corrected chi connectivity index (χ3v) is 16.7. The summed E-state index contributed by atoms with van der Waals surface area (Å²) in [4.78, 5) is 45.0. The molecule has 2 N–H and O–H groups in total. The molecule has 0 saturated heterocycles. The Morgan fingerprint density at radius 1 is 0.861 bits per heavy atom. The summed E-state index contributed by atoms with van der Waals surface area (Å²) in [5.41, 5.74) is 7.55. The number of aliphatic hydroxyl groups excluding tert-OH is 2. The summed E-state index contributed by atoms with van der Waals surface area (Å²) in [6.45, 7) is 3.24. The van der Waals surface area contributed by atoms with Crippen molar-refractivity contribution in [1.82, 2.24) is 0 Å². The van der Waals surface area contributed by atoms with Crippen LogP contribution in [0, 0.1) is 23.7 Å². The predicted octanol–water partition coefficient (Wildman–Crippen LogP) is 11.2. The summed E-state index contributed by atoms with van der Waals surface area (Å²) < 4.78 is 33.2. The molecule has 2 saturated carbocycles. The predicted molar refractivity (Wildman–Crippen MR) is 276 cm³/mol. The van der Waals surface area contributed by atoms with Gasteiger partial charge in [0.15, 0.2) is 17.8 Å². The zero-order chi connectivity index (χ0) is 49.9. The van der Waals surface area contributed by atoms with Gasteiger partial charge < -0.3 is 33.6 Å². The first-order valence-corrected chi connectivity index (χ1v) is 26.4. The molecular formula is C62H68O10. The van der Waals surface area contributed by atoms with Gasteiger partial charge in [-0.3, -0.25) is 4.79 Å². The van der Waals surface area contributed by atoms with E-state index in [0.29, 0.717) is 41.5 Å². The summed E-state index contributed by atoms with van der Waals surface area (Å²) in [7, 11) is 1.52. The molecule has 10 heteroatoms. The van der Waals surface area contributed by atoms with Crippen molar-refractivity contribution in [3.05, 3.63) is 157 Å². The first-order valence-electron chi connectivity index (χ1n) is 26.4. The first-order chi connectivity index (χ1) is 35.1. The minimum absolute atomic E-state index is 0.0524. The zero-order valence-corrected chi connectivity index (χ0v) is 42.0. The van der Waals surface area contributed by atoms with Crippen LogP contribution in [0.2, 0.25) is 0 Å². The number of hydrogen-bond acceptors (Lipinski definition) is 10. The van der Waals surface area contributed by atoms with Gasteiger partial charge in [-0.2, -0.15) is 0 Å². The molecule has 10 rings (SSSR count). The Morgan fingerprint density at radius 2 is 1.68 bits per heavy atom. The van der Waals surface area contributed by atoms with Crippen LogP contribution in [0.1, 0.15) is 165 Å². The van der Waals surface area contributed by atoms with Gasteiger partial charge in [0.2, 0.25) is 0 Å². The molecule has 1 aromatic heterocycles. The number of benzene rings is 4. The highest BCUT2D eigenvalue weighted by Gasteiger charge is 2.59. The number of aryl methyl sites for hydroxylation is 1. The highest BCUT2D eigenvalue weighted by Crippen LogP contribution is 2.55. The van der Waals surface area contributed by atoms with Crippen LogP contribution in [0.4, 0.5) is 0 Å². The smallest absolute Gasteiger partial charge is 0.340 e. The van der Waals surface area contributed by atoms with E-state index in [1.165, 1.54) is 29.4 Å². The molecule has 72 heavy (non-hydrogen) atoms. The maximum Gasteiger partial charge on any atom is 0.340 e. The molecule has 0 amide bonds. The van der Waals surface area contributed by atoms with Crippen molar-refractivity contribution in [2.45, 2.75) is 152 Å². The number of hydrogen-bond donors (Lipinski definition) is 2. The number of aliphatic hydroxyl groups is 2. The summed E-state index contributed by atoms with van der Waals surface area (Å²) in [6, 6.07) is 29.7. The van der Waals surface area contributed by atoms with E-state index in [0.717, 1.165) is 74.5 Å². The Labute approximate surface area is 423 Å². The summed E-state index contributed by atoms with van der Waals surface area (Å²) in [5.74, 6) is 6.02. The van der Waals surface area contributed by atoms with Crippen LogP contribution in [0.3, 0.4) is 0 Å². The van der Waals surface area contributed by atoms with E-state index in [9.17, 15) is 15.0 Å². The van der Waals surface area contributed by atoms with Crippen LogP contribution in [0.25, 0.3) is 11.0 Å². The van der Waals surface area contributed by atoms with Gasteiger partial charge in [-0.15, -0.1) is 0 Å². The van der Waals surface area contributed by atoms with Gasteiger partial charge in [0.25, 0.3) is 0 Å². The fourth-order valence-corrected chi connectivity index (χ4v) is 13.2. The lowest BCUT2D eigenvalue weighted by Crippen LogP contribution is -2.60. The second-order valence-corrected chi connectivity index (χ2v) is 21.3. The Hall–Kier alpha value is -5.99. The van der Waals surface area contributed by atoms with Crippen LogP contribution in [0.5, 0.6) is 5.75 Å². The third-order valence-electron chi connectivity index (χ3n) is 16.7. The minimum Gasteiger partial charge on any atom is -0.481 e. The van der Waals surface area contributed by atoms with E-state index in [-0.39, 0.29) is 72.9 Å². The molecule has 2 fully saturated rings. The van der Waals surface area contributed by atoms with Crippen LogP contribution >= 0.6 is 0 Å². The monoisotopic (exact) mass is 972 g/mol. The molecule has 4 heterocycles. The van der Waals surface area contributed by atoms with E-state index in [1.807, 2.05) is 19.9 Å². The maximum atomic E-state index is 15.5. The van der Waals surface area contributed by atoms with Gasteiger partial charge in [-0.25, -0.2) is 9.59 Å². The van der Waals surface area contributed by atoms with Crippen molar-refractivity contribution in [1.29, 1.82) is 0 Å². The van der Waals surface area contributed by atoms with Gasteiger partial charge in [-0.05, 0) is 140 Å². The number of carbonyl (C=O) groups excluding carboxylic acids is 2. The largest absolute Gasteiger partial charge is 0.481 e. The maximum absolute atomic E-state index is 15.5. The van der Waals surface area contributed by atoms with Crippen molar-refractivity contribution >= 4 is 22.9 Å². The molecule has 2 aliphatic carbocycles. The van der Waals surface area contributed by atoms with Crippen molar-refractivity contribution in [2.75, 3.05) is 20.3 Å². The molecule has 5 bridgehead atoms. The van der Waals surface area contributed by atoms with Crippen LogP contribution < -0.4 is 10.4 Å². The number of rotatable bonds is 10. The Balaban J connectivity index is 1.16. The Bertz CT molecular complexity index is 2960. The van der Waals surface area contributed by atoms with Crippen molar-refractivity contribution < 1.29 is 43.2 Å². The zero-order valence-electron chi connectivity index (χ0n) is 42.0. The molecule has 5 aromatic rings. The molecule has 0 spiro atoms. The molecule has 376 valence electrons. The molecular weight excluding hydrogens is 905 g/mol. The molecule has 3 aliphatic heterocycles. The van der Waals surface area contributed by atoms with E-state index in [2.05, 4.69) is 78.6 Å². The quantitative estimate of drug-likeness (QED) is 0.0601. The van der Waals surface area contributed by atoms with E-state index < -0.39 is 47.9 Å². The lowest BCUT2D eigenvalue weighted by Gasteiger charge is -2.51. The van der Waals surface area contributed by atoms with Crippen molar-refractivity contribution in [3.63, 3.8) is 0 Å². The average molecular weight is 973 g/mol. The summed E-state index contributed by atoms with van der Waals surface area (Å²) in [6.07, 6.45) is 7.55. The normalized spacial score (nSPS) is 24.8. The Morgan fingerprint density at radius 3 is 2.46 bits per heavy atom. The molecule has 7 atom stereocenters. The fraction of sp³-hybridized carbons (Fsp3) is 0.468. The number of ether oxygens (including phenoxy) is 4. The SMILES string of the molecule is COCC(CCO)c1c(CO)c2ccc3c(c2oc1=O)C1OC(=O)CC2CC(c4cccc(Cc5ccccc5)c4)CCC2c2ccc4cc2CC#CCC(C2CCCCC2)(O3)C1OC(=O)C(=C(C)C)CC4. The number of methoxy groups -OCH3 is 1.